The molecule has 0 saturated carbocycles. The third-order valence-corrected chi connectivity index (χ3v) is 0. The first-order chi connectivity index (χ1) is 1.00. The van der Waals surface area contributed by atoms with Crippen LogP contribution in [0.2, 0.25) is 0 Å². The first kappa shape index (κ1) is 26.3. The molecule has 0 aliphatic rings. The quantitative estimate of drug-likeness (QED) is 0.511. The van der Waals surface area contributed by atoms with Crippen LogP contribution in [0, 0.1) is 0 Å². The Morgan fingerprint density at radius 1 is 1.20 bits per heavy atom. The second-order valence-electron chi connectivity index (χ2n) is 0. The van der Waals surface area contributed by atoms with Crippen molar-refractivity contribution in [3.8, 4) is 0 Å². The SMILES string of the molecule is [Co].[Ni].[O]=[Zr].[W]. The predicted octanol–water partition coefficient (Wildman–Crippen LogP) is -0.129. The zero-order valence-corrected chi connectivity index (χ0v) is 9.39. The van der Waals surface area contributed by atoms with Crippen LogP contribution >= 0.6 is 0 Å². The molecule has 0 spiro atoms. The Hall–Kier alpha value is 2.37. The summed E-state index contributed by atoms with van der Waals surface area (Å²) in [5.41, 5.74) is 0. The molecule has 0 atom stereocenters. The van der Waals surface area contributed by atoms with Gasteiger partial charge < -0.3 is 0 Å². The molecule has 0 aromatic carbocycles. The Bertz CT molecular complexity index is 11.6. The van der Waals surface area contributed by atoms with Gasteiger partial charge in [-0.25, -0.2) is 0 Å². The fourth-order valence-corrected chi connectivity index (χ4v) is 0. The van der Waals surface area contributed by atoms with Crippen molar-refractivity contribution in [3.05, 3.63) is 0 Å². The molecular weight excluding hydrogens is 409 g/mol. The van der Waals surface area contributed by atoms with Gasteiger partial charge in [0.15, 0.2) is 0 Å². The van der Waals surface area contributed by atoms with Crippen molar-refractivity contribution in [2.45, 2.75) is 0 Å². The van der Waals surface area contributed by atoms with E-state index in [0.717, 1.165) is 0 Å². The maximum Gasteiger partial charge on any atom is 0 e. The second kappa shape index (κ2) is 32.7. The van der Waals surface area contributed by atoms with E-state index in [-0.39, 0.29) is 54.3 Å². The summed E-state index contributed by atoms with van der Waals surface area (Å²) in [6.45, 7) is 0. The average Bonchev–Trinajstić information content (AvgIpc) is 1.00. The zero-order valence-electron chi connectivity index (χ0n) is 1.97. The topological polar surface area (TPSA) is 17.1 Å². The van der Waals surface area contributed by atoms with Crippen molar-refractivity contribution < 1.29 is 81.9 Å². The van der Waals surface area contributed by atoms with Gasteiger partial charge in [-0.1, -0.05) is 0 Å². The molecule has 0 rings (SSSR count). The summed E-state index contributed by atoms with van der Waals surface area (Å²) in [5, 5.41) is 0. The summed E-state index contributed by atoms with van der Waals surface area (Å²) in [4.78, 5) is 0. The molecule has 0 saturated heterocycles. The molecule has 1 nitrogen and oxygen atoms in total. The number of rotatable bonds is 0. The van der Waals surface area contributed by atoms with Gasteiger partial charge >= 0.3 is 27.5 Å². The van der Waals surface area contributed by atoms with E-state index in [0.29, 0.717) is 24.7 Å². The van der Waals surface area contributed by atoms with Crippen LogP contribution in [-0.4, -0.2) is 0 Å². The molecule has 0 aromatic rings. The van der Waals surface area contributed by atoms with E-state index in [1.165, 1.54) is 0 Å². The van der Waals surface area contributed by atoms with Crippen LogP contribution < -0.4 is 0 Å². The Morgan fingerprint density at radius 2 is 1.20 bits per heavy atom. The Balaban J connectivity index is -0.00000000167. The molecular formula is CoNiOWZr. The normalized spacial score (nSPS) is 0.600. The molecule has 0 aliphatic carbocycles. The summed E-state index contributed by atoms with van der Waals surface area (Å²) in [7, 11) is 0. The van der Waals surface area contributed by atoms with Crippen molar-refractivity contribution in [2.75, 3.05) is 0 Å². The van der Waals surface area contributed by atoms with Gasteiger partial charge in [-0.05, 0) is 0 Å². The average molecular weight is 409 g/mol. The summed E-state index contributed by atoms with van der Waals surface area (Å²) in [6, 6.07) is 0. The third-order valence-electron chi connectivity index (χ3n) is 0. The van der Waals surface area contributed by atoms with Crippen molar-refractivity contribution in [2.24, 2.45) is 0 Å². The zero-order chi connectivity index (χ0) is 2.00. The van der Waals surface area contributed by atoms with E-state index < -0.39 is 0 Å². The van der Waals surface area contributed by atoms with Crippen molar-refractivity contribution >= 4 is 0 Å². The van der Waals surface area contributed by atoms with Crippen LogP contribution in [0.5, 0.6) is 0 Å². The fourth-order valence-electron chi connectivity index (χ4n) is 0. The molecule has 0 amide bonds. The van der Waals surface area contributed by atoms with E-state index in [9.17, 15) is 0 Å². The van der Waals surface area contributed by atoms with Crippen molar-refractivity contribution in [3.63, 3.8) is 0 Å². The first-order valence-electron chi connectivity index (χ1n) is 0.204. The van der Waals surface area contributed by atoms with Gasteiger partial charge in [0.2, 0.25) is 0 Å². The van der Waals surface area contributed by atoms with E-state index >= 15 is 0 Å². The van der Waals surface area contributed by atoms with Crippen molar-refractivity contribution in [1.29, 1.82) is 0 Å². The Kier molecular flexibility index (Phi) is 172. The molecule has 1 radical (unpaired) electrons. The van der Waals surface area contributed by atoms with Gasteiger partial charge in [0.25, 0.3) is 0 Å². The van der Waals surface area contributed by atoms with E-state index in [4.69, 9.17) is 2.81 Å². The molecule has 0 N–H and O–H groups in total. The van der Waals surface area contributed by atoms with Gasteiger partial charge in [-0.2, -0.15) is 0 Å². The maximum absolute atomic E-state index is 8.34. The molecule has 0 heterocycles. The standard InChI is InChI=1S/Co.Ni.O.W.Zr. The first-order valence-corrected chi connectivity index (χ1v) is 1.21. The minimum absolute atomic E-state index is 0. The van der Waals surface area contributed by atoms with Crippen LogP contribution in [0.15, 0.2) is 0 Å². The smallest absolute Gasteiger partial charge is 0 e. The van der Waals surface area contributed by atoms with Crippen LogP contribution in [0.3, 0.4) is 0 Å². The maximum atomic E-state index is 8.34. The molecule has 5 heavy (non-hydrogen) atoms. The Labute approximate surface area is 80.7 Å². The number of hydrogen-bond donors (Lipinski definition) is 0. The molecule has 0 aromatic heterocycles. The van der Waals surface area contributed by atoms with Crippen LogP contribution in [0.4, 0.5) is 0 Å². The predicted molar refractivity (Wildman–Crippen MR) is 0.686 cm³/mol. The van der Waals surface area contributed by atoms with Crippen LogP contribution in [-0.2, 0) is 81.9 Å². The largest absolute Gasteiger partial charge is 0 e. The summed E-state index contributed by atoms with van der Waals surface area (Å²) >= 11 is 0.300. The third kappa shape index (κ3) is 21.7. The number of hydrogen-bond acceptors (Lipinski definition) is 1. The summed E-state index contributed by atoms with van der Waals surface area (Å²) < 4.78 is 8.34. The second-order valence-corrected chi connectivity index (χ2v) is 0. The van der Waals surface area contributed by atoms with Gasteiger partial charge in [-0.15, -0.1) is 0 Å². The minimum Gasteiger partial charge on any atom is 0 e. The van der Waals surface area contributed by atoms with E-state index in [2.05, 4.69) is 0 Å². The molecule has 5 heteroatoms. The van der Waals surface area contributed by atoms with Gasteiger partial charge in [0, 0.05) is 54.3 Å². The molecule has 0 unspecified atom stereocenters. The van der Waals surface area contributed by atoms with Crippen LogP contribution in [0.25, 0.3) is 0 Å². The van der Waals surface area contributed by atoms with E-state index in [1.807, 2.05) is 0 Å². The molecule has 0 fully saturated rings. The molecule has 0 aliphatic heterocycles. The van der Waals surface area contributed by atoms with Gasteiger partial charge in [0.1, 0.15) is 0 Å². The summed E-state index contributed by atoms with van der Waals surface area (Å²) in [6.07, 6.45) is 0. The Morgan fingerprint density at radius 3 is 1.20 bits per heavy atom. The van der Waals surface area contributed by atoms with Crippen LogP contribution in [0.1, 0.15) is 0 Å². The summed E-state index contributed by atoms with van der Waals surface area (Å²) in [5.74, 6) is 0. The van der Waals surface area contributed by atoms with Gasteiger partial charge in [-0.3, -0.25) is 0 Å². The molecule has 0 bridgehead atoms. The van der Waals surface area contributed by atoms with E-state index in [1.54, 1.807) is 0 Å². The van der Waals surface area contributed by atoms with Crippen molar-refractivity contribution in [1.82, 2.24) is 0 Å². The monoisotopic (exact) mass is 407 g/mol. The van der Waals surface area contributed by atoms with Gasteiger partial charge in [0.05, 0.1) is 0 Å². The fraction of sp³-hybridized carbons (Fsp3) is 0. The minimum atomic E-state index is 0. The molecule has 35 valence electrons.